The molecule has 1 aliphatic heterocycles. The van der Waals surface area contributed by atoms with Crippen LogP contribution in [0.25, 0.3) is 0 Å². The van der Waals surface area contributed by atoms with Crippen LogP contribution in [-0.2, 0) is 14.4 Å². The van der Waals surface area contributed by atoms with E-state index < -0.39 is 6.04 Å². The second-order valence-electron chi connectivity index (χ2n) is 6.08. The lowest BCUT2D eigenvalue weighted by Gasteiger charge is -2.23. The van der Waals surface area contributed by atoms with Gasteiger partial charge in [0.1, 0.15) is 6.04 Å². The molecule has 2 N–H and O–H groups in total. The number of halogens is 1. The highest BCUT2D eigenvalue weighted by Crippen LogP contribution is 2.29. The Labute approximate surface area is 155 Å². The zero-order valence-electron chi connectivity index (χ0n) is 13.5. The lowest BCUT2D eigenvalue weighted by molar-refractivity contribution is -0.132. The maximum Gasteiger partial charge on any atom is 0.253 e. The Hall–Kier alpha value is -2.19. The van der Waals surface area contributed by atoms with Gasteiger partial charge in [-0.2, -0.15) is 0 Å². The third-order valence-corrected chi connectivity index (χ3v) is 4.83. The standard InChI is InChI=1S/C16H17ClN4O3S/c1-20-15(24)12(21(16(20)25)19-14(23)9-2-3-9)8-13(22)18-11-6-4-10(17)5-7-11/h4-7,9,12H,2-3,8H2,1H3,(H,18,22)(H,19,23). The first kappa shape index (κ1) is 17.6. The fourth-order valence-electron chi connectivity index (χ4n) is 2.50. The number of likely N-dealkylation sites (N-methyl/N-ethyl adjacent to an activating group) is 1. The molecule has 1 heterocycles. The monoisotopic (exact) mass is 380 g/mol. The minimum absolute atomic E-state index is 0.0349. The minimum Gasteiger partial charge on any atom is -0.326 e. The number of hydrogen-bond donors (Lipinski definition) is 2. The van der Waals surface area contributed by atoms with Crippen molar-refractivity contribution in [3.8, 4) is 0 Å². The van der Waals surface area contributed by atoms with E-state index in [1.807, 2.05) is 0 Å². The van der Waals surface area contributed by atoms with Crippen molar-refractivity contribution in [2.45, 2.75) is 25.3 Å². The van der Waals surface area contributed by atoms with Crippen molar-refractivity contribution < 1.29 is 14.4 Å². The zero-order chi connectivity index (χ0) is 18.1. The molecular formula is C16H17ClN4O3S. The molecule has 9 heteroatoms. The van der Waals surface area contributed by atoms with Gasteiger partial charge in [0.15, 0.2) is 5.11 Å². The largest absolute Gasteiger partial charge is 0.326 e. The number of amides is 3. The van der Waals surface area contributed by atoms with Crippen LogP contribution in [0.15, 0.2) is 24.3 Å². The molecule has 7 nitrogen and oxygen atoms in total. The summed E-state index contributed by atoms with van der Waals surface area (Å²) in [6, 6.07) is 5.79. The molecule has 0 spiro atoms. The third-order valence-electron chi connectivity index (χ3n) is 4.11. The quantitative estimate of drug-likeness (QED) is 0.757. The van der Waals surface area contributed by atoms with E-state index in [1.165, 1.54) is 17.0 Å². The molecule has 3 rings (SSSR count). The van der Waals surface area contributed by atoms with Crippen LogP contribution < -0.4 is 10.7 Å². The summed E-state index contributed by atoms with van der Waals surface area (Å²) in [4.78, 5) is 38.0. The Kier molecular flexibility index (Phi) is 4.91. The predicted octanol–water partition coefficient (Wildman–Crippen LogP) is 1.54. The molecule has 132 valence electrons. The molecule has 2 aliphatic rings. The lowest BCUT2D eigenvalue weighted by atomic mass is 10.2. The zero-order valence-corrected chi connectivity index (χ0v) is 15.1. The van der Waals surface area contributed by atoms with Gasteiger partial charge in [0.2, 0.25) is 11.8 Å². The average Bonchev–Trinajstić information content (AvgIpc) is 3.40. The Morgan fingerprint density at radius 2 is 1.92 bits per heavy atom. The van der Waals surface area contributed by atoms with Gasteiger partial charge in [-0.15, -0.1) is 0 Å². The highest BCUT2D eigenvalue weighted by molar-refractivity contribution is 7.80. The molecule has 2 fully saturated rings. The van der Waals surface area contributed by atoms with Gasteiger partial charge in [-0.25, -0.2) is 5.01 Å². The van der Waals surface area contributed by atoms with Gasteiger partial charge in [0.25, 0.3) is 5.91 Å². The second kappa shape index (κ2) is 6.97. The van der Waals surface area contributed by atoms with Crippen LogP contribution in [-0.4, -0.2) is 45.8 Å². The molecule has 1 saturated heterocycles. The maximum absolute atomic E-state index is 12.4. The number of benzene rings is 1. The van der Waals surface area contributed by atoms with Crippen LogP contribution >= 0.6 is 23.8 Å². The first-order valence-corrected chi connectivity index (χ1v) is 8.62. The van der Waals surface area contributed by atoms with Gasteiger partial charge < -0.3 is 5.32 Å². The number of hydrazine groups is 1. The maximum atomic E-state index is 12.4. The van der Waals surface area contributed by atoms with Crippen LogP contribution in [0, 0.1) is 5.92 Å². The summed E-state index contributed by atoms with van der Waals surface area (Å²) in [6.07, 6.45) is 1.53. The van der Waals surface area contributed by atoms with Crippen molar-refractivity contribution in [3.63, 3.8) is 0 Å². The topological polar surface area (TPSA) is 81.8 Å². The number of rotatable bonds is 5. The summed E-state index contributed by atoms with van der Waals surface area (Å²) in [7, 11) is 1.53. The molecule has 25 heavy (non-hydrogen) atoms. The average molecular weight is 381 g/mol. The van der Waals surface area contributed by atoms with Crippen molar-refractivity contribution >= 4 is 52.3 Å². The van der Waals surface area contributed by atoms with Crippen molar-refractivity contribution in [3.05, 3.63) is 29.3 Å². The molecule has 1 atom stereocenters. The summed E-state index contributed by atoms with van der Waals surface area (Å²) >= 11 is 11.0. The van der Waals surface area contributed by atoms with E-state index in [0.717, 1.165) is 12.8 Å². The van der Waals surface area contributed by atoms with Crippen molar-refractivity contribution in [1.29, 1.82) is 0 Å². The molecule has 1 unspecified atom stereocenters. The molecule has 1 saturated carbocycles. The highest BCUT2D eigenvalue weighted by Gasteiger charge is 2.44. The predicted molar refractivity (Wildman–Crippen MR) is 96.6 cm³/mol. The first-order valence-electron chi connectivity index (χ1n) is 7.83. The van der Waals surface area contributed by atoms with E-state index in [2.05, 4.69) is 10.7 Å². The van der Waals surface area contributed by atoms with E-state index in [-0.39, 0.29) is 35.2 Å². The summed E-state index contributed by atoms with van der Waals surface area (Å²) in [6.45, 7) is 0. The second-order valence-corrected chi connectivity index (χ2v) is 6.88. The molecule has 0 radical (unpaired) electrons. The van der Waals surface area contributed by atoms with E-state index in [0.29, 0.717) is 10.7 Å². The molecule has 0 bridgehead atoms. The van der Waals surface area contributed by atoms with E-state index in [1.54, 1.807) is 24.3 Å². The number of nitrogens with zero attached hydrogens (tertiary/aromatic N) is 2. The molecule has 1 aliphatic carbocycles. The highest BCUT2D eigenvalue weighted by atomic mass is 35.5. The lowest BCUT2D eigenvalue weighted by Crippen LogP contribution is -2.50. The summed E-state index contributed by atoms with van der Waals surface area (Å²) in [5, 5.41) is 4.77. The third kappa shape index (κ3) is 3.91. The smallest absolute Gasteiger partial charge is 0.253 e. The van der Waals surface area contributed by atoms with Crippen molar-refractivity contribution in [2.75, 3.05) is 12.4 Å². The fraction of sp³-hybridized carbons (Fsp3) is 0.375. The molecule has 1 aromatic carbocycles. The van der Waals surface area contributed by atoms with Gasteiger partial charge >= 0.3 is 0 Å². The number of anilines is 1. The van der Waals surface area contributed by atoms with Crippen LogP contribution in [0.1, 0.15) is 19.3 Å². The Morgan fingerprint density at radius 1 is 1.28 bits per heavy atom. The Bertz CT molecular complexity index is 735. The van der Waals surface area contributed by atoms with Crippen LogP contribution in [0.2, 0.25) is 5.02 Å². The number of carbonyl (C=O) groups is 3. The minimum atomic E-state index is -0.854. The van der Waals surface area contributed by atoms with E-state index >= 15 is 0 Å². The molecule has 3 amide bonds. The normalized spacial score (nSPS) is 20.0. The number of nitrogens with one attached hydrogen (secondary N) is 2. The van der Waals surface area contributed by atoms with Gasteiger partial charge in [-0.1, -0.05) is 11.6 Å². The molecule has 0 aromatic heterocycles. The number of hydrogen-bond acceptors (Lipinski definition) is 4. The number of carbonyl (C=O) groups excluding carboxylic acids is 3. The van der Waals surface area contributed by atoms with Gasteiger partial charge in [-0.05, 0) is 49.3 Å². The Balaban J connectivity index is 1.67. The SMILES string of the molecule is CN1C(=O)C(CC(=O)Nc2ccc(Cl)cc2)N(NC(=O)C2CC2)C1=S. The van der Waals surface area contributed by atoms with Gasteiger partial charge in [0, 0.05) is 23.7 Å². The van der Waals surface area contributed by atoms with E-state index in [4.69, 9.17) is 23.8 Å². The Morgan fingerprint density at radius 3 is 2.52 bits per heavy atom. The summed E-state index contributed by atoms with van der Waals surface area (Å²) < 4.78 is 0. The van der Waals surface area contributed by atoms with Crippen LogP contribution in [0.5, 0.6) is 0 Å². The van der Waals surface area contributed by atoms with Crippen LogP contribution in [0.4, 0.5) is 5.69 Å². The molecule has 1 aromatic rings. The van der Waals surface area contributed by atoms with Crippen molar-refractivity contribution in [1.82, 2.24) is 15.3 Å². The van der Waals surface area contributed by atoms with E-state index in [9.17, 15) is 14.4 Å². The first-order chi connectivity index (χ1) is 11.9. The summed E-state index contributed by atoms with van der Waals surface area (Å²) in [5.41, 5.74) is 3.24. The summed E-state index contributed by atoms with van der Waals surface area (Å²) in [5.74, 6) is -0.891. The fourth-order valence-corrected chi connectivity index (χ4v) is 2.89. The van der Waals surface area contributed by atoms with Gasteiger partial charge in [0.05, 0.1) is 6.42 Å². The molecular weight excluding hydrogens is 364 g/mol. The number of thiocarbonyl (C=S) groups is 1. The van der Waals surface area contributed by atoms with Gasteiger partial charge in [-0.3, -0.25) is 24.7 Å². The van der Waals surface area contributed by atoms with Crippen molar-refractivity contribution in [2.24, 2.45) is 5.92 Å². The van der Waals surface area contributed by atoms with Crippen LogP contribution in [0.3, 0.4) is 0 Å².